The van der Waals surface area contributed by atoms with Gasteiger partial charge < -0.3 is 10.2 Å². The number of carboxylic acid groups (broad SMARTS) is 1. The van der Waals surface area contributed by atoms with Crippen LogP contribution in [0, 0.1) is 23.2 Å². The van der Waals surface area contributed by atoms with Crippen LogP contribution in [0.2, 0.25) is 0 Å². The minimum atomic E-state index is -0.766. The summed E-state index contributed by atoms with van der Waals surface area (Å²) in [6, 6.07) is 5.73. The number of fused-ring (bicyclic) bond motifs is 5. The summed E-state index contributed by atoms with van der Waals surface area (Å²) in [6.45, 7) is 10.1. The van der Waals surface area contributed by atoms with Crippen molar-refractivity contribution in [1.82, 2.24) is 0 Å². The van der Waals surface area contributed by atoms with E-state index in [0.29, 0.717) is 42.1 Å². The average molecular weight is 403 g/mol. The second kappa shape index (κ2) is 9.77. The maximum absolute atomic E-state index is 12.8. The molecule has 29 heavy (non-hydrogen) atoms. The van der Waals surface area contributed by atoms with Gasteiger partial charge in [0.05, 0.1) is 0 Å². The van der Waals surface area contributed by atoms with Gasteiger partial charge in [-0.05, 0) is 79.0 Å². The van der Waals surface area contributed by atoms with Crippen LogP contribution in [0.25, 0.3) is 0 Å². The molecule has 4 heteroatoms. The molecule has 2 saturated carbocycles. The average Bonchev–Trinajstić information content (AvgIpc) is 2.99. The Morgan fingerprint density at radius 1 is 1.17 bits per heavy atom. The van der Waals surface area contributed by atoms with E-state index in [1.807, 2.05) is 33.8 Å². The van der Waals surface area contributed by atoms with Crippen LogP contribution in [0.1, 0.15) is 90.2 Å². The van der Waals surface area contributed by atoms with E-state index in [1.54, 1.807) is 6.07 Å². The fraction of sp³-hybridized carbons (Fsp3) is 0.680. The number of phenols is 1. The van der Waals surface area contributed by atoms with Crippen molar-refractivity contribution in [3.63, 3.8) is 0 Å². The van der Waals surface area contributed by atoms with Crippen molar-refractivity contribution >= 4 is 11.8 Å². The van der Waals surface area contributed by atoms with Gasteiger partial charge in [0.2, 0.25) is 0 Å². The van der Waals surface area contributed by atoms with Gasteiger partial charge in [0.15, 0.2) is 0 Å². The van der Waals surface area contributed by atoms with Gasteiger partial charge in [-0.3, -0.25) is 9.59 Å². The van der Waals surface area contributed by atoms with Crippen molar-refractivity contribution in [3.05, 3.63) is 29.3 Å². The number of aryl methyl sites for hydroxylation is 1. The van der Waals surface area contributed by atoms with E-state index in [4.69, 9.17) is 5.11 Å². The smallest absolute Gasteiger partial charge is 0.303 e. The molecule has 1 aromatic rings. The number of aromatic hydroxyl groups is 1. The maximum Gasteiger partial charge on any atom is 0.303 e. The minimum absolute atomic E-state index is 0.159. The van der Waals surface area contributed by atoms with E-state index >= 15 is 0 Å². The number of ketones is 1. The molecule has 0 aromatic heterocycles. The molecule has 2 fully saturated rings. The fourth-order valence-corrected chi connectivity index (χ4v) is 6.20. The van der Waals surface area contributed by atoms with Crippen molar-refractivity contribution < 1.29 is 19.8 Å². The van der Waals surface area contributed by atoms with Crippen LogP contribution < -0.4 is 0 Å². The molecule has 3 aliphatic carbocycles. The van der Waals surface area contributed by atoms with Crippen LogP contribution in [0.5, 0.6) is 5.75 Å². The summed E-state index contributed by atoms with van der Waals surface area (Å²) < 4.78 is 0. The van der Waals surface area contributed by atoms with Crippen LogP contribution in [0.4, 0.5) is 0 Å². The van der Waals surface area contributed by atoms with E-state index in [9.17, 15) is 14.7 Å². The molecule has 4 rings (SSSR count). The lowest BCUT2D eigenvalue weighted by Crippen LogP contribution is -2.44. The van der Waals surface area contributed by atoms with E-state index in [2.05, 4.69) is 13.0 Å². The number of hydrogen-bond acceptors (Lipinski definition) is 3. The molecule has 1 aromatic carbocycles. The standard InChI is InChI=1S/C21H26O4.2C2H6/c1-21-9-8-16-15-6-4-14(22)10-12(15)2-5-17(16)20(21)13(11-18(21)23)3-7-19(24)25;2*1-2/h4,6,10,13,16-17,20,22H,2-3,5,7-9,11H2,1H3,(H,24,25);2*1-2H3. The van der Waals surface area contributed by atoms with Crippen LogP contribution >= 0.6 is 0 Å². The molecule has 0 aliphatic heterocycles. The Kier molecular flexibility index (Phi) is 7.90. The van der Waals surface area contributed by atoms with Gasteiger partial charge in [-0.15, -0.1) is 0 Å². The summed E-state index contributed by atoms with van der Waals surface area (Å²) in [6.07, 6.45) is 5.24. The molecule has 0 amide bonds. The first-order valence-corrected chi connectivity index (χ1v) is 11.5. The molecule has 0 bridgehead atoms. The highest BCUT2D eigenvalue weighted by Crippen LogP contribution is 2.62. The molecular formula is C25H38O4. The van der Waals surface area contributed by atoms with Gasteiger partial charge in [0.1, 0.15) is 11.5 Å². The third-order valence-corrected chi connectivity index (χ3v) is 7.28. The molecule has 5 atom stereocenters. The summed E-state index contributed by atoms with van der Waals surface area (Å²) in [5, 5.41) is 18.9. The second-order valence-corrected chi connectivity index (χ2v) is 8.49. The lowest BCUT2D eigenvalue weighted by atomic mass is 9.54. The first-order valence-electron chi connectivity index (χ1n) is 11.5. The van der Waals surface area contributed by atoms with Crippen LogP contribution in [0.3, 0.4) is 0 Å². The summed E-state index contributed by atoms with van der Waals surface area (Å²) in [5.41, 5.74) is 2.32. The van der Waals surface area contributed by atoms with Gasteiger partial charge >= 0.3 is 5.97 Å². The summed E-state index contributed by atoms with van der Waals surface area (Å²) in [4.78, 5) is 23.8. The molecular weight excluding hydrogens is 364 g/mol. The topological polar surface area (TPSA) is 74.6 Å². The van der Waals surface area contributed by atoms with Gasteiger partial charge in [-0.1, -0.05) is 40.7 Å². The van der Waals surface area contributed by atoms with E-state index in [1.165, 1.54) is 11.1 Å². The third kappa shape index (κ3) is 4.36. The number of carbonyl (C=O) groups is 2. The molecule has 4 nitrogen and oxygen atoms in total. The summed E-state index contributed by atoms with van der Waals surface area (Å²) in [7, 11) is 0. The van der Waals surface area contributed by atoms with Crippen molar-refractivity contribution in [3.8, 4) is 5.75 Å². The van der Waals surface area contributed by atoms with Crippen LogP contribution in [-0.2, 0) is 16.0 Å². The Balaban J connectivity index is 0.000000707. The Morgan fingerprint density at radius 3 is 2.52 bits per heavy atom. The SMILES string of the molecule is CC.CC.CC12CCC3c4ccc(O)cc4CCC3C1C(CCC(=O)O)CC2=O. The number of phenolic OH excluding ortho intramolecular Hbond substituents is 1. The van der Waals surface area contributed by atoms with Crippen molar-refractivity contribution in [2.45, 2.75) is 85.5 Å². The maximum atomic E-state index is 12.8. The first kappa shape index (κ1) is 23.4. The van der Waals surface area contributed by atoms with Crippen LogP contribution in [-0.4, -0.2) is 22.0 Å². The van der Waals surface area contributed by atoms with Crippen molar-refractivity contribution in [1.29, 1.82) is 0 Å². The number of aliphatic carboxylic acids is 1. The third-order valence-electron chi connectivity index (χ3n) is 7.28. The highest BCUT2D eigenvalue weighted by Gasteiger charge is 2.58. The number of carbonyl (C=O) groups excluding carboxylic acids is 1. The number of Topliss-reactive ketones (excluding diaryl/α,β-unsaturated/α-hetero) is 1. The highest BCUT2D eigenvalue weighted by molar-refractivity contribution is 5.87. The highest BCUT2D eigenvalue weighted by atomic mass is 16.4. The van der Waals surface area contributed by atoms with E-state index < -0.39 is 5.97 Å². The Morgan fingerprint density at radius 2 is 1.86 bits per heavy atom. The van der Waals surface area contributed by atoms with Crippen LogP contribution in [0.15, 0.2) is 18.2 Å². The largest absolute Gasteiger partial charge is 0.508 e. The predicted octanol–water partition coefficient (Wildman–Crippen LogP) is 5.96. The second-order valence-electron chi connectivity index (χ2n) is 8.49. The first-order chi connectivity index (χ1) is 13.9. The molecule has 0 saturated heterocycles. The molecule has 162 valence electrons. The van der Waals surface area contributed by atoms with Crippen molar-refractivity contribution in [2.75, 3.05) is 0 Å². The number of carboxylic acids is 1. The summed E-state index contributed by atoms with van der Waals surface area (Å²) >= 11 is 0. The lowest BCUT2D eigenvalue weighted by Gasteiger charge is -2.50. The lowest BCUT2D eigenvalue weighted by molar-refractivity contribution is -0.137. The number of benzene rings is 1. The Labute approximate surface area is 175 Å². The zero-order valence-electron chi connectivity index (χ0n) is 18.7. The summed E-state index contributed by atoms with van der Waals surface area (Å²) in [5.74, 6) is 1.33. The predicted molar refractivity (Wildman–Crippen MR) is 116 cm³/mol. The van der Waals surface area contributed by atoms with Gasteiger partial charge in [-0.25, -0.2) is 0 Å². The quantitative estimate of drug-likeness (QED) is 0.654. The van der Waals surface area contributed by atoms with Gasteiger partial charge in [-0.2, -0.15) is 0 Å². The molecule has 0 heterocycles. The van der Waals surface area contributed by atoms with E-state index in [0.717, 1.165) is 25.7 Å². The number of rotatable bonds is 3. The van der Waals surface area contributed by atoms with Gasteiger partial charge in [0, 0.05) is 18.3 Å². The normalized spacial score (nSPS) is 31.8. The zero-order valence-corrected chi connectivity index (χ0v) is 18.7. The minimum Gasteiger partial charge on any atom is -0.508 e. The Hall–Kier alpha value is -1.84. The Bertz CT molecular complexity index is 726. The molecule has 5 unspecified atom stereocenters. The van der Waals surface area contributed by atoms with E-state index in [-0.39, 0.29) is 17.8 Å². The fourth-order valence-electron chi connectivity index (χ4n) is 6.20. The molecule has 0 radical (unpaired) electrons. The molecule has 2 N–H and O–H groups in total. The number of hydrogen-bond donors (Lipinski definition) is 2. The van der Waals surface area contributed by atoms with Gasteiger partial charge in [0.25, 0.3) is 0 Å². The monoisotopic (exact) mass is 402 g/mol. The molecule has 3 aliphatic rings. The van der Waals surface area contributed by atoms with Crippen molar-refractivity contribution in [2.24, 2.45) is 23.2 Å². The molecule has 0 spiro atoms. The zero-order chi connectivity index (χ0) is 21.8.